The van der Waals surface area contributed by atoms with Gasteiger partial charge in [-0.1, -0.05) is 55.0 Å². The predicted octanol–water partition coefficient (Wildman–Crippen LogP) is 4.58. The van der Waals surface area contributed by atoms with E-state index in [4.69, 9.17) is 0 Å². The zero-order chi connectivity index (χ0) is 18.2. The van der Waals surface area contributed by atoms with Gasteiger partial charge in [0.15, 0.2) is 5.78 Å². The molecule has 0 aliphatic rings. The first-order valence-corrected chi connectivity index (χ1v) is 8.93. The van der Waals surface area contributed by atoms with Crippen LogP contribution >= 0.6 is 0 Å². The molecule has 1 amide bonds. The Kier molecular flexibility index (Phi) is 6.93. The third-order valence-corrected chi connectivity index (χ3v) is 4.58. The fourth-order valence-corrected chi connectivity index (χ4v) is 2.95. The standard InChI is InChI=1S/C22H27NO2/c1-4-18(19-8-6-5-7-9-19)15-23-22(25)13-12-21(24)20-14-16(2)10-11-17(20)3/h5-11,14,18H,4,12-13,15H2,1-3H3,(H,23,25)/t18-/m0/s1. The van der Waals surface area contributed by atoms with Crippen molar-refractivity contribution < 1.29 is 9.59 Å². The van der Waals surface area contributed by atoms with Gasteiger partial charge in [-0.3, -0.25) is 9.59 Å². The Hall–Kier alpha value is -2.42. The van der Waals surface area contributed by atoms with Crippen molar-refractivity contribution in [2.75, 3.05) is 6.54 Å². The summed E-state index contributed by atoms with van der Waals surface area (Å²) in [5.41, 5.74) is 3.98. The molecule has 0 fully saturated rings. The molecule has 0 unspecified atom stereocenters. The van der Waals surface area contributed by atoms with Crippen LogP contribution in [0.2, 0.25) is 0 Å². The second kappa shape index (κ2) is 9.16. The molecule has 0 bridgehead atoms. The van der Waals surface area contributed by atoms with E-state index in [9.17, 15) is 9.59 Å². The summed E-state index contributed by atoms with van der Waals surface area (Å²) < 4.78 is 0. The van der Waals surface area contributed by atoms with Gasteiger partial charge >= 0.3 is 0 Å². The zero-order valence-electron chi connectivity index (χ0n) is 15.3. The van der Waals surface area contributed by atoms with Crippen LogP contribution in [0.15, 0.2) is 48.5 Å². The van der Waals surface area contributed by atoms with E-state index < -0.39 is 0 Å². The minimum Gasteiger partial charge on any atom is -0.355 e. The van der Waals surface area contributed by atoms with Crippen LogP contribution in [0.25, 0.3) is 0 Å². The fraction of sp³-hybridized carbons (Fsp3) is 0.364. The maximum absolute atomic E-state index is 12.4. The van der Waals surface area contributed by atoms with Crippen LogP contribution in [0.3, 0.4) is 0 Å². The van der Waals surface area contributed by atoms with Crippen molar-refractivity contribution in [3.8, 4) is 0 Å². The Labute approximate surface area is 150 Å². The van der Waals surface area contributed by atoms with Crippen molar-refractivity contribution in [1.82, 2.24) is 5.32 Å². The van der Waals surface area contributed by atoms with Crippen molar-refractivity contribution in [2.24, 2.45) is 0 Å². The highest BCUT2D eigenvalue weighted by atomic mass is 16.2. The first-order chi connectivity index (χ1) is 12.0. The molecule has 2 rings (SSSR count). The lowest BCUT2D eigenvalue weighted by molar-refractivity contribution is -0.121. The monoisotopic (exact) mass is 337 g/mol. The summed E-state index contributed by atoms with van der Waals surface area (Å²) in [4.78, 5) is 24.5. The molecule has 3 heteroatoms. The second-order valence-electron chi connectivity index (χ2n) is 6.56. The summed E-state index contributed by atoms with van der Waals surface area (Å²) in [7, 11) is 0. The third-order valence-electron chi connectivity index (χ3n) is 4.58. The van der Waals surface area contributed by atoms with Gasteiger partial charge < -0.3 is 5.32 Å². The molecular weight excluding hydrogens is 310 g/mol. The highest BCUT2D eigenvalue weighted by Crippen LogP contribution is 2.18. The average molecular weight is 337 g/mol. The van der Waals surface area contributed by atoms with Gasteiger partial charge in [-0.2, -0.15) is 0 Å². The van der Waals surface area contributed by atoms with Crippen molar-refractivity contribution in [1.29, 1.82) is 0 Å². The van der Waals surface area contributed by atoms with Gasteiger partial charge in [0, 0.05) is 30.9 Å². The van der Waals surface area contributed by atoms with Crippen LogP contribution in [0.4, 0.5) is 0 Å². The molecule has 0 aromatic heterocycles. The minimum absolute atomic E-state index is 0.0338. The van der Waals surface area contributed by atoms with E-state index in [2.05, 4.69) is 24.4 Å². The van der Waals surface area contributed by atoms with Gasteiger partial charge in [0.05, 0.1) is 0 Å². The van der Waals surface area contributed by atoms with E-state index in [-0.39, 0.29) is 24.5 Å². The molecule has 0 saturated carbocycles. The van der Waals surface area contributed by atoms with E-state index in [0.29, 0.717) is 12.5 Å². The lowest BCUT2D eigenvalue weighted by atomic mass is 9.96. The van der Waals surface area contributed by atoms with Gasteiger partial charge in [0.1, 0.15) is 0 Å². The van der Waals surface area contributed by atoms with Crippen LogP contribution in [0.5, 0.6) is 0 Å². The maximum Gasteiger partial charge on any atom is 0.220 e. The average Bonchev–Trinajstić information content (AvgIpc) is 2.63. The van der Waals surface area contributed by atoms with Gasteiger partial charge in [0.25, 0.3) is 0 Å². The van der Waals surface area contributed by atoms with Gasteiger partial charge in [-0.15, -0.1) is 0 Å². The van der Waals surface area contributed by atoms with E-state index in [1.165, 1.54) is 5.56 Å². The van der Waals surface area contributed by atoms with Gasteiger partial charge in [-0.25, -0.2) is 0 Å². The Balaban J connectivity index is 1.84. The second-order valence-corrected chi connectivity index (χ2v) is 6.56. The fourth-order valence-electron chi connectivity index (χ4n) is 2.95. The molecule has 0 radical (unpaired) electrons. The molecule has 2 aromatic carbocycles. The number of carbonyl (C=O) groups is 2. The van der Waals surface area contributed by atoms with Crippen LogP contribution in [0.1, 0.15) is 59.2 Å². The number of nitrogens with one attached hydrogen (secondary N) is 1. The summed E-state index contributed by atoms with van der Waals surface area (Å²) in [5.74, 6) is 0.277. The number of rotatable bonds is 8. The Morgan fingerprint density at radius 3 is 2.40 bits per heavy atom. The summed E-state index contributed by atoms with van der Waals surface area (Å²) >= 11 is 0. The number of hydrogen-bond donors (Lipinski definition) is 1. The smallest absolute Gasteiger partial charge is 0.220 e. The highest BCUT2D eigenvalue weighted by molar-refractivity contribution is 5.99. The number of Topliss-reactive ketones (excluding diaryl/α,β-unsaturated/α-hetero) is 1. The number of amides is 1. The van der Waals surface area contributed by atoms with Crippen LogP contribution < -0.4 is 5.32 Å². The summed E-state index contributed by atoms with van der Waals surface area (Å²) in [6.07, 6.45) is 1.45. The maximum atomic E-state index is 12.4. The number of benzene rings is 2. The minimum atomic E-state index is -0.0620. The topological polar surface area (TPSA) is 46.2 Å². The third kappa shape index (κ3) is 5.56. The van der Waals surface area contributed by atoms with Crippen molar-refractivity contribution in [3.05, 3.63) is 70.8 Å². The first-order valence-electron chi connectivity index (χ1n) is 8.93. The summed E-state index contributed by atoms with van der Waals surface area (Å²) in [6.45, 7) is 6.63. The lowest BCUT2D eigenvalue weighted by Crippen LogP contribution is -2.28. The van der Waals surface area contributed by atoms with E-state index in [0.717, 1.165) is 23.1 Å². The van der Waals surface area contributed by atoms with Gasteiger partial charge in [0.2, 0.25) is 5.91 Å². The van der Waals surface area contributed by atoms with Crippen LogP contribution in [0, 0.1) is 13.8 Å². The van der Waals surface area contributed by atoms with Crippen molar-refractivity contribution >= 4 is 11.7 Å². The summed E-state index contributed by atoms with van der Waals surface area (Å²) in [6, 6.07) is 16.0. The Morgan fingerprint density at radius 1 is 1.00 bits per heavy atom. The molecule has 0 spiro atoms. The van der Waals surface area contributed by atoms with Crippen LogP contribution in [-0.2, 0) is 4.79 Å². The summed E-state index contributed by atoms with van der Waals surface area (Å²) in [5, 5.41) is 2.97. The molecule has 1 N–H and O–H groups in total. The quantitative estimate of drug-likeness (QED) is 0.717. The molecule has 1 atom stereocenters. The van der Waals surface area contributed by atoms with E-state index >= 15 is 0 Å². The number of hydrogen-bond acceptors (Lipinski definition) is 2. The SMILES string of the molecule is CC[C@@H](CNC(=O)CCC(=O)c1cc(C)ccc1C)c1ccccc1. The van der Waals surface area contributed by atoms with E-state index in [1.54, 1.807) is 0 Å². The molecule has 2 aromatic rings. The molecule has 25 heavy (non-hydrogen) atoms. The van der Waals surface area contributed by atoms with Crippen molar-refractivity contribution in [2.45, 2.75) is 46.0 Å². The number of ketones is 1. The lowest BCUT2D eigenvalue weighted by Gasteiger charge is -2.16. The number of aryl methyl sites for hydroxylation is 2. The Morgan fingerprint density at radius 2 is 1.72 bits per heavy atom. The molecule has 0 saturated heterocycles. The molecule has 132 valence electrons. The highest BCUT2D eigenvalue weighted by Gasteiger charge is 2.14. The largest absolute Gasteiger partial charge is 0.355 e. The van der Waals surface area contributed by atoms with Crippen molar-refractivity contribution in [3.63, 3.8) is 0 Å². The van der Waals surface area contributed by atoms with Crippen LogP contribution in [-0.4, -0.2) is 18.2 Å². The molecule has 0 aliphatic heterocycles. The van der Waals surface area contributed by atoms with Gasteiger partial charge in [-0.05, 0) is 37.5 Å². The predicted molar refractivity (Wildman–Crippen MR) is 102 cm³/mol. The molecule has 0 heterocycles. The number of carbonyl (C=O) groups excluding carboxylic acids is 2. The molecular formula is C22H27NO2. The molecule has 3 nitrogen and oxygen atoms in total. The zero-order valence-corrected chi connectivity index (χ0v) is 15.3. The Bertz CT molecular complexity index is 722. The van der Waals surface area contributed by atoms with E-state index in [1.807, 2.05) is 50.2 Å². The first kappa shape index (κ1) is 18.9. The molecule has 0 aliphatic carbocycles. The normalized spacial score (nSPS) is 11.8.